The van der Waals surface area contributed by atoms with E-state index in [0.29, 0.717) is 5.92 Å². The third-order valence-electron chi connectivity index (χ3n) is 3.33. The molecule has 0 bridgehead atoms. The number of hydrogen-bond donors (Lipinski definition) is 0. The zero-order valence-electron chi connectivity index (χ0n) is 10.3. The summed E-state index contributed by atoms with van der Waals surface area (Å²) in [4.78, 5) is 14.2. The van der Waals surface area contributed by atoms with Crippen LogP contribution < -0.4 is 0 Å². The molecule has 0 saturated carbocycles. The van der Waals surface area contributed by atoms with Crippen LogP contribution in [0.25, 0.3) is 0 Å². The first-order valence-electron chi connectivity index (χ1n) is 5.97. The van der Waals surface area contributed by atoms with Gasteiger partial charge < -0.3 is 4.90 Å². The van der Waals surface area contributed by atoms with Crippen LogP contribution in [0.4, 0.5) is 0 Å². The van der Waals surface area contributed by atoms with E-state index in [1.807, 2.05) is 25.1 Å². The second kappa shape index (κ2) is 5.21. The van der Waals surface area contributed by atoms with Gasteiger partial charge in [-0.2, -0.15) is 5.10 Å². The average Bonchev–Trinajstić information content (AvgIpc) is 2.85. The van der Waals surface area contributed by atoms with E-state index in [4.69, 9.17) is 0 Å². The first-order chi connectivity index (χ1) is 8.11. The Hall–Kier alpha value is -0.840. The maximum absolute atomic E-state index is 12.3. The number of rotatable bonds is 3. The molecular weight excluding hydrogens is 282 g/mol. The summed E-state index contributed by atoms with van der Waals surface area (Å²) in [5.74, 6) is 0.781. The van der Waals surface area contributed by atoms with Gasteiger partial charge in [0, 0.05) is 31.7 Å². The zero-order valence-corrected chi connectivity index (χ0v) is 11.9. The highest BCUT2D eigenvalue weighted by atomic mass is 79.9. The maximum atomic E-state index is 12.3. The molecule has 0 aliphatic carbocycles. The van der Waals surface area contributed by atoms with Crippen LogP contribution in [0.1, 0.15) is 28.9 Å². The van der Waals surface area contributed by atoms with Gasteiger partial charge in [-0.15, -0.1) is 0 Å². The van der Waals surface area contributed by atoms with Crippen LogP contribution in [0.3, 0.4) is 0 Å². The molecule has 5 heteroatoms. The number of likely N-dealkylation sites (tertiary alicyclic amines) is 1. The third kappa shape index (κ3) is 2.70. The molecule has 1 unspecified atom stereocenters. The highest BCUT2D eigenvalue weighted by molar-refractivity contribution is 9.09. The van der Waals surface area contributed by atoms with Gasteiger partial charge in [0.2, 0.25) is 0 Å². The van der Waals surface area contributed by atoms with Gasteiger partial charge in [-0.3, -0.25) is 9.48 Å². The molecule has 4 nitrogen and oxygen atoms in total. The number of aryl methyl sites for hydroxylation is 2. The minimum atomic E-state index is 0.132. The van der Waals surface area contributed by atoms with Crippen LogP contribution in [0.5, 0.6) is 0 Å². The highest BCUT2D eigenvalue weighted by Gasteiger charge is 2.27. The van der Waals surface area contributed by atoms with E-state index in [1.54, 1.807) is 4.68 Å². The van der Waals surface area contributed by atoms with Crippen molar-refractivity contribution in [3.63, 3.8) is 0 Å². The molecule has 0 N–H and O–H groups in total. The molecular formula is C12H18BrN3O. The summed E-state index contributed by atoms with van der Waals surface area (Å²) in [5, 5.41) is 5.24. The monoisotopic (exact) mass is 299 g/mol. The molecule has 1 atom stereocenters. The van der Waals surface area contributed by atoms with Crippen molar-refractivity contribution in [2.45, 2.75) is 19.8 Å². The van der Waals surface area contributed by atoms with Crippen molar-refractivity contribution in [1.82, 2.24) is 14.7 Å². The summed E-state index contributed by atoms with van der Waals surface area (Å²) in [6.07, 6.45) is 4.09. The van der Waals surface area contributed by atoms with Gasteiger partial charge in [-0.25, -0.2) is 0 Å². The lowest BCUT2D eigenvalue weighted by Crippen LogP contribution is -2.29. The normalized spacial score (nSPS) is 19.9. The van der Waals surface area contributed by atoms with Gasteiger partial charge in [0.1, 0.15) is 0 Å². The minimum absolute atomic E-state index is 0.132. The van der Waals surface area contributed by atoms with Crippen molar-refractivity contribution >= 4 is 21.8 Å². The second-order valence-electron chi connectivity index (χ2n) is 4.69. The number of hydrogen-bond acceptors (Lipinski definition) is 2. The second-order valence-corrected chi connectivity index (χ2v) is 5.48. The molecule has 2 heterocycles. The molecule has 1 fully saturated rings. The Morgan fingerprint density at radius 2 is 2.41 bits per heavy atom. The number of carbonyl (C=O) groups excluding carboxylic acids is 1. The van der Waals surface area contributed by atoms with Gasteiger partial charge in [0.05, 0.1) is 11.3 Å². The van der Waals surface area contributed by atoms with Crippen LogP contribution in [0, 0.1) is 12.8 Å². The van der Waals surface area contributed by atoms with E-state index < -0.39 is 0 Å². The van der Waals surface area contributed by atoms with E-state index in [-0.39, 0.29) is 5.91 Å². The Morgan fingerprint density at radius 1 is 1.65 bits per heavy atom. The largest absolute Gasteiger partial charge is 0.338 e. The van der Waals surface area contributed by atoms with Gasteiger partial charge in [-0.05, 0) is 25.7 Å². The van der Waals surface area contributed by atoms with Crippen molar-refractivity contribution < 1.29 is 4.79 Å². The molecule has 1 aliphatic heterocycles. The predicted molar refractivity (Wildman–Crippen MR) is 70.4 cm³/mol. The molecule has 0 spiro atoms. The SMILES string of the molecule is Cc1nn(C)cc1C(=O)N1CCC(CCBr)C1. The smallest absolute Gasteiger partial charge is 0.257 e. The molecule has 1 aliphatic rings. The van der Waals surface area contributed by atoms with Gasteiger partial charge in [0.15, 0.2) is 0 Å². The lowest BCUT2D eigenvalue weighted by Gasteiger charge is -2.15. The summed E-state index contributed by atoms with van der Waals surface area (Å²) in [6, 6.07) is 0. The highest BCUT2D eigenvalue weighted by Crippen LogP contribution is 2.22. The minimum Gasteiger partial charge on any atom is -0.338 e. The van der Waals surface area contributed by atoms with Crippen LogP contribution in [-0.4, -0.2) is 39.0 Å². The van der Waals surface area contributed by atoms with Gasteiger partial charge >= 0.3 is 0 Å². The van der Waals surface area contributed by atoms with Crippen LogP contribution in [-0.2, 0) is 7.05 Å². The van der Waals surface area contributed by atoms with Gasteiger partial charge in [-0.1, -0.05) is 15.9 Å². The number of carbonyl (C=O) groups is 1. The van der Waals surface area contributed by atoms with Crippen LogP contribution in [0.2, 0.25) is 0 Å². The van der Waals surface area contributed by atoms with E-state index in [1.165, 1.54) is 0 Å². The first kappa shape index (κ1) is 12.6. The number of amides is 1. The molecule has 2 rings (SSSR count). The fourth-order valence-corrected chi connectivity index (χ4v) is 3.03. The molecule has 1 amide bonds. The molecule has 1 aromatic heterocycles. The van der Waals surface area contributed by atoms with Crippen molar-refractivity contribution in [3.8, 4) is 0 Å². The lowest BCUT2D eigenvalue weighted by atomic mass is 10.1. The molecule has 94 valence electrons. The Bertz CT molecular complexity index is 416. The summed E-state index contributed by atoms with van der Waals surface area (Å²) in [5.41, 5.74) is 1.56. The Balaban J connectivity index is 2.04. The Kier molecular flexibility index (Phi) is 3.86. The summed E-state index contributed by atoms with van der Waals surface area (Å²) >= 11 is 3.46. The molecule has 17 heavy (non-hydrogen) atoms. The fourth-order valence-electron chi connectivity index (χ4n) is 2.39. The van der Waals surface area contributed by atoms with Crippen molar-refractivity contribution in [2.24, 2.45) is 13.0 Å². The quantitative estimate of drug-likeness (QED) is 0.801. The molecule has 1 saturated heterocycles. The number of aromatic nitrogens is 2. The van der Waals surface area contributed by atoms with E-state index in [2.05, 4.69) is 21.0 Å². The van der Waals surface area contributed by atoms with Crippen molar-refractivity contribution in [1.29, 1.82) is 0 Å². The van der Waals surface area contributed by atoms with Crippen LogP contribution >= 0.6 is 15.9 Å². The summed E-state index contributed by atoms with van der Waals surface area (Å²) in [7, 11) is 1.85. The molecule has 1 aromatic rings. The van der Waals surface area contributed by atoms with Crippen molar-refractivity contribution in [2.75, 3.05) is 18.4 Å². The Morgan fingerprint density at radius 3 is 3.00 bits per heavy atom. The van der Waals surface area contributed by atoms with Gasteiger partial charge in [0.25, 0.3) is 5.91 Å². The fraction of sp³-hybridized carbons (Fsp3) is 0.667. The Labute approximate surface area is 110 Å². The third-order valence-corrected chi connectivity index (χ3v) is 3.79. The summed E-state index contributed by atoms with van der Waals surface area (Å²) < 4.78 is 1.70. The average molecular weight is 300 g/mol. The standard InChI is InChI=1S/C12H18BrN3O/c1-9-11(8-15(2)14-9)12(17)16-6-4-10(7-16)3-5-13/h8,10H,3-7H2,1-2H3. The van der Waals surface area contributed by atoms with E-state index >= 15 is 0 Å². The molecule has 0 aromatic carbocycles. The summed E-state index contributed by atoms with van der Waals surface area (Å²) in [6.45, 7) is 3.66. The lowest BCUT2D eigenvalue weighted by molar-refractivity contribution is 0.0786. The van der Waals surface area contributed by atoms with Crippen LogP contribution in [0.15, 0.2) is 6.20 Å². The maximum Gasteiger partial charge on any atom is 0.257 e. The zero-order chi connectivity index (χ0) is 12.4. The van der Waals surface area contributed by atoms with Crippen molar-refractivity contribution in [3.05, 3.63) is 17.5 Å². The van der Waals surface area contributed by atoms with E-state index in [0.717, 1.165) is 42.5 Å². The first-order valence-corrected chi connectivity index (χ1v) is 7.09. The molecule has 0 radical (unpaired) electrons. The topological polar surface area (TPSA) is 38.1 Å². The number of halogens is 1. The number of alkyl halides is 1. The predicted octanol–water partition coefficient (Wildman–Crippen LogP) is 1.98. The van der Waals surface area contributed by atoms with E-state index in [9.17, 15) is 4.79 Å². The number of nitrogens with zero attached hydrogens (tertiary/aromatic N) is 3.